The van der Waals surface area contributed by atoms with E-state index in [1.807, 2.05) is 19.9 Å². The first-order chi connectivity index (χ1) is 14.7. The average molecular weight is 464 g/mol. The summed E-state index contributed by atoms with van der Waals surface area (Å²) in [6.07, 6.45) is 2.07. The van der Waals surface area contributed by atoms with Crippen LogP contribution in [0.15, 0.2) is 41.3 Å². The molecule has 2 amide bonds. The number of amides is 2. The molecule has 0 aromatic heterocycles. The summed E-state index contributed by atoms with van der Waals surface area (Å²) in [7, 11) is -3.89. The first-order valence-corrected chi connectivity index (χ1v) is 12.0. The van der Waals surface area contributed by atoms with Gasteiger partial charge in [-0.25, -0.2) is 8.42 Å². The summed E-state index contributed by atoms with van der Waals surface area (Å²) < 4.78 is 28.1. The molecule has 2 N–H and O–H groups in total. The van der Waals surface area contributed by atoms with Crippen LogP contribution < -0.4 is 10.0 Å². The summed E-state index contributed by atoms with van der Waals surface area (Å²) in [4.78, 5) is 25.9. The van der Waals surface area contributed by atoms with Gasteiger partial charge in [-0.2, -0.15) is 0 Å². The number of aryl methyl sites for hydroxylation is 2. The van der Waals surface area contributed by atoms with Gasteiger partial charge in [-0.15, -0.1) is 0 Å². The van der Waals surface area contributed by atoms with E-state index in [9.17, 15) is 18.0 Å². The summed E-state index contributed by atoms with van der Waals surface area (Å²) in [5.41, 5.74) is 2.55. The number of benzene rings is 2. The summed E-state index contributed by atoms with van der Waals surface area (Å²) in [5.74, 6) is -0.315. The normalized spacial score (nSPS) is 14.0. The predicted molar refractivity (Wildman–Crippen MR) is 121 cm³/mol. The van der Waals surface area contributed by atoms with E-state index in [1.54, 1.807) is 17.0 Å². The van der Waals surface area contributed by atoms with Crippen LogP contribution in [0.5, 0.6) is 0 Å². The van der Waals surface area contributed by atoms with E-state index < -0.39 is 15.9 Å². The Morgan fingerprint density at radius 3 is 2.58 bits per heavy atom. The highest BCUT2D eigenvalue weighted by Gasteiger charge is 2.21. The molecule has 0 atom stereocenters. The van der Waals surface area contributed by atoms with Crippen molar-refractivity contribution in [2.24, 2.45) is 0 Å². The summed E-state index contributed by atoms with van der Waals surface area (Å²) >= 11 is 6.15. The molecule has 166 valence electrons. The molecular formula is C22H26ClN3O4S. The number of nitrogens with zero attached hydrogens (tertiary/aromatic N) is 1. The molecule has 0 spiro atoms. The number of hydrogen-bond donors (Lipinski definition) is 2. The first kappa shape index (κ1) is 23.1. The number of nitrogens with one attached hydrogen (secondary N) is 2. The van der Waals surface area contributed by atoms with Crippen molar-refractivity contribution >= 4 is 39.1 Å². The van der Waals surface area contributed by atoms with Gasteiger partial charge in [0.25, 0.3) is 15.9 Å². The van der Waals surface area contributed by atoms with E-state index >= 15 is 0 Å². The number of anilines is 1. The Morgan fingerprint density at radius 2 is 1.90 bits per heavy atom. The van der Waals surface area contributed by atoms with E-state index in [2.05, 4.69) is 10.0 Å². The van der Waals surface area contributed by atoms with Crippen LogP contribution in [0.3, 0.4) is 0 Å². The Labute approximate surface area is 187 Å². The monoisotopic (exact) mass is 463 g/mol. The molecule has 3 rings (SSSR count). The van der Waals surface area contributed by atoms with Crippen LogP contribution in [-0.2, 0) is 14.8 Å². The van der Waals surface area contributed by atoms with Gasteiger partial charge >= 0.3 is 0 Å². The summed E-state index contributed by atoms with van der Waals surface area (Å²) in [6, 6.07) is 9.31. The summed E-state index contributed by atoms with van der Waals surface area (Å²) in [6.45, 7) is 5.54. The van der Waals surface area contributed by atoms with E-state index in [1.165, 1.54) is 18.2 Å². The number of carbonyl (C=O) groups is 2. The van der Waals surface area contributed by atoms with Gasteiger partial charge < -0.3 is 10.2 Å². The molecule has 0 saturated carbocycles. The molecule has 2 aromatic rings. The zero-order chi connectivity index (χ0) is 22.6. The maximum absolute atomic E-state index is 12.8. The second-order valence-electron chi connectivity index (χ2n) is 7.64. The van der Waals surface area contributed by atoms with Crippen LogP contribution in [0, 0.1) is 13.8 Å². The highest BCUT2D eigenvalue weighted by atomic mass is 35.5. The molecule has 1 saturated heterocycles. The lowest BCUT2D eigenvalue weighted by molar-refractivity contribution is -0.127. The minimum Gasteiger partial charge on any atom is -0.352 e. The Balaban J connectivity index is 1.66. The fraction of sp³-hybridized carbons (Fsp3) is 0.364. The molecule has 7 nitrogen and oxygen atoms in total. The lowest BCUT2D eigenvalue weighted by Gasteiger charge is -2.15. The van der Waals surface area contributed by atoms with Crippen molar-refractivity contribution in [2.75, 3.05) is 24.4 Å². The van der Waals surface area contributed by atoms with Crippen LogP contribution in [0.1, 0.15) is 40.7 Å². The van der Waals surface area contributed by atoms with Gasteiger partial charge in [0.15, 0.2) is 0 Å². The van der Waals surface area contributed by atoms with Crippen LogP contribution >= 0.6 is 11.6 Å². The fourth-order valence-electron chi connectivity index (χ4n) is 3.37. The number of hydrogen-bond acceptors (Lipinski definition) is 4. The third-order valence-electron chi connectivity index (χ3n) is 5.31. The Morgan fingerprint density at radius 1 is 1.13 bits per heavy atom. The lowest BCUT2D eigenvalue weighted by atomic mass is 10.1. The van der Waals surface area contributed by atoms with E-state index in [0.717, 1.165) is 24.1 Å². The standard InChI is InChI=1S/C22H26ClN3O4S/c1-15-6-7-17(13-16(15)2)25-31(29,30)18-8-9-20(23)19(14-18)22(28)24-10-4-12-26-11-3-5-21(26)27/h6-9,13-14,25H,3-5,10-12H2,1-2H3,(H,24,28). The maximum Gasteiger partial charge on any atom is 0.261 e. The Kier molecular flexibility index (Phi) is 7.23. The van der Waals surface area contributed by atoms with Gasteiger partial charge in [0, 0.05) is 31.7 Å². The molecule has 2 aromatic carbocycles. The zero-order valence-electron chi connectivity index (χ0n) is 17.6. The van der Waals surface area contributed by atoms with Crippen molar-refractivity contribution in [3.05, 3.63) is 58.1 Å². The first-order valence-electron chi connectivity index (χ1n) is 10.1. The van der Waals surface area contributed by atoms with Crippen molar-refractivity contribution < 1.29 is 18.0 Å². The van der Waals surface area contributed by atoms with Crippen molar-refractivity contribution in [1.82, 2.24) is 10.2 Å². The highest BCUT2D eigenvalue weighted by molar-refractivity contribution is 7.92. The van der Waals surface area contributed by atoms with Gasteiger partial charge in [-0.3, -0.25) is 14.3 Å². The second kappa shape index (κ2) is 9.70. The number of likely N-dealkylation sites (tertiary alicyclic amines) is 1. The molecular weight excluding hydrogens is 438 g/mol. The Bertz CT molecular complexity index is 1100. The van der Waals surface area contributed by atoms with Gasteiger partial charge in [-0.05, 0) is 68.1 Å². The minimum absolute atomic E-state index is 0.0528. The molecule has 31 heavy (non-hydrogen) atoms. The SMILES string of the molecule is Cc1ccc(NS(=O)(=O)c2ccc(Cl)c(C(=O)NCCCN3CCCC3=O)c2)cc1C. The number of sulfonamides is 1. The quantitative estimate of drug-likeness (QED) is 0.585. The molecule has 9 heteroatoms. The molecule has 1 fully saturated rings. The smallest absolute Gasteiger partial charge is 0.261 e. The molecule has 0 radical (unpaired) electrons. The zero-order valence-corrected chi connectivity index (χ0v) is 19.1. The van der Waals surface area contributed by atoms with Gasteiger partial charge in [0.2, 0.25) is 5.91 Å². The average Bonchev–Trinajstić information content (AvgIpc) is 3.12. The Hall–Kier alpha value is -2.58. The van der Waals surface area contributed by atoms with Crippen molar-refractivity contribution in [1.29, 1.82) is 0 Å². The largest absolute Gasteiger partial charge is 0.352 e. The highest BCUT2D eigenvalue weighted by Crippen LogP contribution is 2.23. The third-order valence-corrected chi connectivity index (χ3v) is 7.02. The molecule has 0 aliphatic carbocycles. The van der Waals surface area contributed by atoms with Crippen molar-refractivity contribution in [2.45, 2.75) is 38.0 Å². The third kappa shape index (κ3) is 5.77. The second-order valence-corrected chi connectivity index (χ2v) is 9.73. The lowest BCUT2D eigenvalue weighted by Crippen LogP contribution is -2.30. The maximum atomic E-state index is 12.8. The van der Waals surface area contributed by atoms with Crippen molar-refractivity contribution in [3.63, 3.8) is 0 Å². The van der Waals surface area contributed by atoms with Crippen molar-refractivity contribution in [3.8, 4) is 0 Å². The van der Waals surface area contributed by atoms with E-state index in [-0.39, 0.29) is 21.4 Å². The minimum atomic E-state index is -3.89. The van der Waals surface area contributed by atoms with Gasteiger partial charge in [0.1, 0.15) is 0 Å². The number of halogens is 1. The van der Waals surface area contributed by atoms with Gasteiger partial charge in [0.05, 0.1) is 15.5 Å². The van der Waals surface area contributed by atoms with Crippen LogP contribution in [0.2, 0.25) is 5.02 Å². The number of carbonyl (C=O) groups excluding carboxylic acids is 2. The predicted octanol–water partition coefficient (Wildman–Crippen LogP) is 3.50. The van der Waals surface area contributed by atoms with Crippen LogP contribution in [0.25, 0.3) is 0 Å². The molecule has 1 heterocycles. The van der Waals surface area contributed by atoms with Gasteiger partial charge in [-0.1, -0.05) is 17.7 Å². The van der Waals surface area contributed by atoms with E-state index in [0.29, 0.717) is 31.6 Å². The molecule has 0 bridgehead atoms. The summed E-state index contributed by atoms with van der Waals surface area (Å²) in [5, 5.41) is 2.91. The topological polar surface area (TPSA) is 95.6 Å². The van der Waals surface area contributed by atoms with E-state index in [4.69, 9.17) is 11.6 Å². The molecule has 1 aliphatic rings. The van der Waals surface area contributed by atoms with Crippen LogP contribution in [-0.4, -0.2) is 44.8 Å². The number of rotatable bonds is 8. The molecule has 0 unspecified atom stereocenters. The molecule has 1 aliphatic heterocycles. The van der Waals surface area contributed by atoms with Crippen LogP contribution in [0.4, 0.5) is 5.69 Å². The fourth-order valence-corrected chi connectivity index (χ4v) is 4.65.